The first-order chi connectivity index (χ1) is 22.8. The fraction of sp³-hybridized carbons (Fsp3) is 0.568. The maximum Gasteiger partial charge on any atom is 0.408 e. The van der Waals surface area contributed by atoms with E-state index in [1.807, 2.05) is 36.4 Å². The van der Waals surface area contributed by atoms with E-state index in [0.717, 1.165) is 23.2 Å². The van der Waals surface area contributed by atoms with Crippen LogP contribution in [0.5, 0.6) is 0 Å². The Morgan fingerprint density at radius 3 is 1.87 bits per heavy atom. The van der Waals surface area contributed by atoms with Crippen molar-refractivity contribution in [2.24, 2.45) is 0 Å². The third kappa shape index (κ3) is 12.0. The van der Waals surface area contributed by atoms with Crippen LogP contribution in [-0.2, 0) is 32.1 Å². The number of alkyl carbamates (subject to hydrolysis) is 1. The Hall–Kier alpha value is -3.92. The molecule has 10 nitrogen and oxygen atoms in total. The van der Waals surface area contributed by atoms with E-state index in [4.69, 9.17) is 4.74 Å². The number of hydrogen-bond donors (Lipinski definition) is 4. The largest absolute Gasteiger partial charge is 0.480 e. The van der Waals surface area contributed by atoms with Gasteiger partial charge in [-0.2, -0.15) is 0 Å². The summed E-state index contributed by atoms with van der Waals surface area (Å²) in [7, 11) is 0. The Morgan fingerprint density at radius 2 is 1.32 bits per heavy atom. The number of nitrogens with zero attached hydrogens (tertiary/aromatic N) is 1. The maximum absolute atomic E-state index is 12.9. The Balaban J connectivity index is 0.000000318. The molecule has 5 rings (SSSR count). The number of carbonyl (C=O) groups is 4. The number of ether oxygens (including phenoxy) is 1. The first-order valence-electron chi connectivity index (χ1n) is 17.4. The van der Waals surface area contributed by atoms with E-state index in [0.29, 0.717) is 19.4 Å². The van der Waals surface area contributed by atoms with Crippen LogP contribution in [0.25, 0.3) is 0 Å². The van der Waals surface area contributed by atoms with E-state index in [9.17, 15) is 24.3 Å². The molecular weight excluding hydrogens is 596 g/mol. The van der Waals surface area contributed by atoms with Gasteiger partial charge in [0.1, 0.15) is 24.7 Å². The van der Waals surface area contributed by atoms with Crippen molar-refractivity contribution in [3.8, 4) is 0 Å². The minimum atomic E-state index is -1.15. The topological polar surface area (TPSA) is 137 Å². The highest BCUT2D eigenvalue weighted by atomic mass is 16.5. The van der Waals surface area contributed by atoms with E-state index in [-0.39, 0.29) is 13.0 Å². The number of carboxylic acid groups (broad SMARTS) is 1. The van der Waals surface area contributed by atoms with Gasteiger partial charge >= 0.3 is 12.1 Å². The van der Waals surface area contributed by atoms with E-state index < -0.39 is 42.0 Å². The van der Waals surface area contributed by atoms with Gasteiger partial charge in [-0.1, -0.05) is 99.2 Å². The lowest BCUT2D eigenvalue weighted by Gasteiger charge is -2.30. The summed E-state index contributed by atoms with van der Waals surface area (Å²) in [5.74, 6) is -2.10. The molecule has 2 aromatic rings. The van der Waals surface area contributed by atoms with Crippen LogP contribution in [0.3, 0.4) is 0 Å². The van der Waals surface area contributed by atoms with Gasteiger partial charge in [0.05, 0.1) is 0 Å². The third-order valence-corrected chi connectivity index (χ3v) is 9.34. The summed E-state index contributed by atoms with van der Waals surface area (Å²) in [5, 5.41) is 18.5. The molecule has 0 spiro atoms. The number of amides is 3. The quantitative estimate of drug-likeness (QED) is 0.258. The van der Waals surface area contributed by atoms with Crippen LogP contribution in [0.2, 0.25) is 0 Å². The molecule has 0 aromatic heterocycles. The lowest BCUT2D eigenvalue weighted by atomic mass is 9.91. The fourth-order valence-corrected chi connectivity index (χ4v) is 6.74. The van der Waals surface area contributed by atoms with Crippen LogP contribution >= 0.6 is 0 Å². The van der Waals surface area contributed by atoms with Crippen LogP contribution < -0.4 is 16.0 Å². The predicted octanol–water partition coefficient (Wildman–Crippen LogP) is 5.35. The second-order valence-corrected chi connectivity index (χ2v) is 13.0. The third-order valence-electron chi connectivity index (χ3n) is 9.34. The van der Waals surface area contributed by atoms with E-state index in [1.165, 1.54) is 76.0 Å². The first-order valence-corrected chi connectivity index (χ1v) is 17.4. The number of hydrogen-bond acceptors (Lipinski definition) is 6. The van der Waals surface area contributed by atoms with E-state index in [1.54, 1.807) is 24.3 Å². The van der Waals surface area contributed by atoms with Gasteiger partial charge < -0.3 is 30.7 Å². The van der Waals surface area contributed by atoms with Gasteiger partial charge in [0.25, 0.3) is 0 Å². The molecule has 10 heteroatoms. The van der Waals surface area contributed by atoms with Crippen molar-refractivity contribution < 1.29 is 29.0 Å². The summed E-state index contributed by atoms with van der Waals surface area (Å²) in [5.41, 5.74) is 1.60. The molecule has 47 heavy (non-hydrogen) atoms. The number of carbonyl (C=O) groups excluding carboxylic acids is 3. The molecule has 2 aromatic carbocycles. The second-order valence-electron chi connectivity index (χ2n) is 13.0. The normalized spacial score (nSPS) is 19.9. The second kappa shape index (κ2) is 19.0. The number of likely N-dealkylation sites (tertiary alicyclic amines) is 1. The van der Waals surface area contributed by atoms with Crippen molar-refractivity contribution in [3.63, 3.8) is 0 Å². The maximum atomic E-state index is 12.9. The lowest BCUT2D eigenvalue weighted by molar-refractivity contribution is -0.144. The molecule has 4 N–H and O–H groups in total. The predicted molar refractivity (Wildman–Crippen MR) is 181 cm³/mol. The van der Waals surface area contributed by atoms with Gasteiger partial charge in [0.2, 0.25) is 11.8 Å². The summed E-state index contributed by atoms with van der Waals surface area (Å²) in [4.78, 5) is 51.0. The molecule has 3 atom stereocenters. The zero-order valence-corrected chi connectivity index (χ0v) is 27.7. The summed E-state index contributed by atoms with van der Waals surface area (Å²) >= 11 is 0. The minimum absolute atomic E-state index is 0.0698. The number of carboxylic acids is 1. The van der Waals surface area contributed by atoms with Crippen molar-refractivity contribution in [2.45, 2.75) is 127 Å². The number of benzene rings is 2. The fourth-order valence-electron chi connectivity index (χ4n) is 6.74. The SMILES string of the molecule is C1CCC(NC2CCCCC2)CC1.C[C@H](NC(=O)OCc1ccccc1)C(=O)N1CCC[C@H]1C(=O)N[C@@H](Cc1ccccc1)C(=O)O. The molecule has 0 unspecified atom stereocenters. The smallest absolute Gasteiger partial charge is 0.408 e. The van der Waals surface area contributed by atoms with Crippen molar-refractivity contribution in [2.75, 3.05) is 6.54 Å². The van der Waals surface area contributed by atoms with Gasteiger partial charge in [-0.3, -0.25) is 9.59 Å². The highest BCUT2D eigenvalue weighted by molar-refractivity contribution is 5.93. The first kappa shape index (κ1) is 35.9. The van der Waals surface area contributed by atoms with Gasteiger partial charge in [-0.05, 0) is 56.6 Å². The molecule has 0 bridgehead atoms. The van der Waals surface area contributed by atoms with Crippen LogP contribution in [-0.4, -0.2) is 70.6 Å². The van der Waals surface area contributed by atoms with Crippen molar-refractivity contribution in [1.82, 2.24) is 20.9 Å². The Kier molecular flexibility index (Phi) is 14.5. The monoisotopic (exact) mass is 648 g/mol. The minimum Gasteiger partial charge on any atom is -0.480 e. The van der Waals surface area contributed by atoms with Gasteiger partial charge in [0, 0.05) is 25.0 Å². The molecule has 1 aliphatic heterocycles. The van der Waals surface area contributed by atoms with Crippen molar-refractivity contribution in [3.05, 3.63) is 71.8 Å². The summed E-state index contributed by atoms with van der Waals surface area (Å²) in [6.07, 6.45) is 15.0. The number of nitrogens with one attached hydrogen (secondary N) is 3. The van der Waals surface area contributed by atoms with Crippen LogP contribution in [0.1, 0.15) is 95.1 Å². The van der Waals surface area contributed by atoms with E-state index >= 15 is 0 Å². The molecule has 2 aliphatic carbocycles. The lowest BCUT2D eigenvalue weighted by Crippen LogP contribution is -2.55. The molecule has 2 saturated carbocycles. The Morgan fingerprint density at radius 1 is 0.766 bits per heavy atom. The summed E-state index contributed by atoms with van der Waals surface area (Å²) in [6.45, 7) is 1.94. The van der Waals surface area contributed by atoms with Crippen LogP contribution in [0.15, 0.2) is 60.7 Å². The average Bonchev–Trinajstić information content (AvgIpc) is 3.59. The molecule has 1 heterocycles. The highest BCUT2D eigenvalue weighted by Crippen LogP contribution is 2.23. The molecule has 0 radical (unpaired) electrons. The van der Waals surface area contributed by atoms with Crippen LogP contribution in [0.4, 0.5) is 4.79 Å². The van der Waals surface area contributed by atoms with Gasteiger partial charge in [-0.15, -0.1) is 0 Å². The summed E-state index contributed by atoms with van der Waals surface area (Å²) < 4.78 is 5.16. The molecular formula is C37H52N4O6. The summed E-state index contributed by atoms with van der Waals surface area (Å²) in [6, 6.07) is 17.1. The van der Waals surface area contributed by atoms with Crippen LogP contribution in [0, 0.1) is 0 Å². The Bertz CT molecular complexity index is 1250. The standard InChI is InChI=1S/C25H29N3O6.C12H23N/c1-17(26-25(33)34-16-19-11-6-3-7-12-19)23(30)28-14-8-13-21(28)22(29)27-20(24(31)32)15-18-9-4-2-5-10-18;1-3-7-11(8-4-1)13-12-9-5-2-6-10-12/h2-7,9-12,17,20-21H,8,13-16H2,1H3,(H,26,33)(H,27,29)(H,31,32);11-13H,1-10H2/t17-,20-,21-;/m0./s1. The van der Waals surface area contributed by atoms with Crippen molar-refractivity contribution >= 4 is 23.9 Å². The highest BCUT2D eigenvalue weighted by Gasteiger charge is 2.38. The number of aliphatic carboxylic acids is 1. The van der Waals surface area contributed by atoms with Crippen molar-refractivity contribution in [1.29, 1.82) is 0 Å². The molecule has 3 fully saturated rings. The molecule has 256 valence electrons. The molecule has 1 saturated heterocycles. The molecule has 3 aliphatic rings. The van der Waals surface area contributed by atoms with Gasteiger partial charge in [-0.25, -0.2) is 9.59 Å². The zero-order valence-electron chi connectivity index (χ0n) is 27.7. The zero-order chi connectivity index (χ0) is 33.4. The average molecular weight is 649 g/mol. The Labute approximate surface area is 279 Å². The van der Waals surface area contributed by atoms with E-state index in [2.05, 4.69) is 16.0 Å². The van der Waals surface area contributed by atoms with Gasteiger partial charge in [0.15, 0.2) is 0 Å². The molecule has 3 amide bonds. The number of rotatable bonds is 11.